The number of benzene rings is 3. The van der Waals surface area contributed by atoms with Crippen molar-refractivity contribution in [2.75, 3.05) is 31.1 Å². The molecule has 0 radical (unpaired) electrons. The van der Waals surface area contributed by atoms with Gasteiger partial charge in [-0.15, -0.1) is 0 Å². The fraction of sp³-hybridized carbons (Fsp3) is 0.333. The van der Waals surface area contributed by atoms with E-state index in [-0.39, 0.29) is 29.6 Å². The molecule has 3 aromatic carbocycles. The van der Waals surface area contributed by atoms with Crippen molar-refractivity contribution in [3.63, 3.8) is 0 Å². The van der Waals surface area contributed by atoms with Crippen LogP contribution in [-0.2, 0) is 4.79 Å². The van der Waals surface area contributed by atoms with Crippen LogP contribution in [0.3, 0.4) is 0 Å². The molecule has 1 saturated heterocycles. The van der Waals surface area contributed by atoms with Crippen molar-refractivity contribution in [1.29, 1.82) is 0 Å². The molecule has 5 rings (SSSR count). The van der Waals surface area contributed by atoms with Gasteiger partial charge in [0.2, 0.25) is 5.91 Å². The molecule has 0 aromatic heterocycles. The van der Waals surface area contributed by atoms with Crippen LogP contribution >= 0.6 is 0 Å². The van der Waals surface area contributed by atoms with E-state index < -0.39 is 36.2 Å². The zero-order valence-corrected chi connectivity index (χ0v) is 21.8. The van der Waals surface area contributed by atoms with E-state index >= 15 is 0 Å². The Balaban J connectivity index is 1.48. The highest BCUT2D eigenvalue weighted by Gasteiger charge is 2.43. The summed E-state index contributed by atoms with van der Waals surface area (Å²) in [4.78, 5) is 29.0. The van der Waals surface area contributed by atoms with E-state index in [1.165, 1.54) is 24.3 Å². The van der Waals surface area contributed by atoms with E-state index in [0.717, 1.165) is 11.0 Å². The van der Waals surface area contributed by atoms with Crippen LogP contribution in [0.25, 0.3) is 11.1 Å². The molecule has 1 aliphatic carbocycles. The lowest BCUT2D eigenvalue weighted by Gasteiger charge is -2.42. The topological polar surface area (TPSA) is 52.7 Å². The molecule has 0 bridgehead atoms. The molecule has 5 nitrogen and oxygen atoms in total. The normalized spacial score (nSPS) is 16.2. The molecule has 0 saturated carbocycles. The number of unbranched alkanes of at least 4 members (excludes halogenated alkanes) is 1. The van der Waals surface area contributed by atoms with Crippen molar-refractivity contribution in [3.8, 4) is 11.1 Å². The first-order chi connectivity index (χ1) is 19.1. The summed E-state index contributed by atoms with van der Waals surface area (Å²) in [7, 11) is 0. The summed E-state index contributed by atoms with van der Waals surface area (Å²) in [5, 5.41) is 2.92. The van der Waals surface area contributed by atoms with Crippen molar-refractivity contribution in [3.05, 3.63) is 89.0 Å². The Morgan fingerprint density at radius 2 is 1.68 bits per heavy atom. The third-order valence-electron chi connectivity index (χ3n) is 7.33. The second-order valence-electron chi connectivity index (χ2n) is 10.2. The van der Waals surface area contributed by atoms with Crippen LogP contribution in [-0.4, -0.2) is 55.1 Å². The minimum Gasteiger partial charge on any atom is -0.367 e. The van der Waals surface area contributed by atoms with E-state index in [9.17, 15) is 31.5 Å². The molecule has 0 spiro atoms. The van der Waals surface area contributed by atoms with Crippen molar-refractivity contribution in [2.24, 2.45) is 0 Å². The molecule has 1 aliphatic heterocycles. The van der Waals surface area contributed by atoms with Crippen molar-refractivity contribution < 1.29 is 31.5 Å². The number of carbonyl (C=O) groups excluding carboxylic acids is 2. The lowest BCUT2D eigenvalue weighted by atomic mass is 9.91. The minimum absolute atomic E-state index is 0.0922. The summed E-state index contributed by atoms with van der Waals surface area (Å²) < 4.78 is 69.7. The summed E-state index contributed by atoms with van der Waals surface area (Å²) in [6.07, 6.45) is -3.64. The van der Waals surface area contributed by atoms with Gasteiger partial charge in [-0.1, -0.05) is 37.6 Å². The average Bonchev–Trinajstić information content (AvgIpc) is 3.20. The van der Waals surface area contributed by atoms with E-state index in [2.05, 4.69) is 5.32 Å². The first-order valence-electron chi connectivity index (χ1n) is 13.2. The molecule has 210 valence electrons. The maximum atomic E-state index is 14.9. The quantitative estimate of drug-likeness (QED) is 0.352. The highest BCUT2D eigenvalue weighted by atomic mass is 19.4. The van der Waals surface area contributed by atoms with Crippen LogP contribution in [0.15, 0.2) is 60.7 Å². The van der Waals surface area contributed by atoms with Crippen molar-refractivity contribution in [2.45, 2.75) is 37.9 Å². The number of nitrogens with one attached hydrogen (secondary N) is 1. The van der Waals surface area contributed by atoms with Gasteiger partial charge in [0.15, 0.2) is 0 Å². The minimum atomic E-state index is -4.61. The Hall–Kier alpha value is -3.95. The first-order valence-corrected chi connectivity index (χ1v) is 13.2. The smallest absolute Gasteiger partial charge is 0.367 e. The number of carbonyl (C=O) groups is 2. The third kappa shape index (κ3) is 5.52. The predicted molar refractivity (Wildman–Crippen MR) is 141 cm³/mol. The van der Waals surface area contributed by atoms with Gasteiger partial charge >= 0.3 is 6.18 Å². The molecular formula is C30H28F5N3O2. The first kappa shape index (κ1) is 27.6. The van der Waals surface area contributed by atoms with E-state index in [4.69, 9.17) is 0 Å². The van der Waals surface area contributed by atoms with Crippen LogP contribution in [0.4, 0.5) is 27.6 Å². The molecule has 40 heavy (non-hydrogen) atoms. The van der Waals surface area contributed by atoms with Crippen LogP contribution in [0.5, 0.6) is 0 Å². The lowest BCUT2D eigenvalue weighted by Crippen LogP contribution is -2.59. The van der Waals surface area contributed by atoms with Gasteiger partial charge in [0, 0.05) is 36.4 Å². The lowest BCUT2D eigenvalue weighted by molar-refractivity contribution is -0.161. The Morgan fingerprint density at radius 1 is 0.975 bits per heavy atom. The van der Waals surface area contributed by atoms with Gasteiger partial charge in [-0.05, 0) is 59.5 Å². The maximum Gasteiger partial charge on any atom is 0.406 e. The number of anilines is 1. The Bertz CT molecular complexity index is 1420. The highest BCUT2D eigenvalue weighted by molar-refractivity contribution is 5.99. The number of hydrogen-bond acceptors (Lipinski definition) is 3. The van der Waals surface area contributed by atoms with Gasteiger partial charge < -0.3 is 15.1 Å². The summed E-state index contributed by atoms with van der Waals surface area (Å²) in [6, 6.07) is 14.6. The van der Waals surface area contributed by atoms with Gasteiger partial charge in [-0.2, -0.15) is 13.2 Å². The number of alkyl halides is 3. The molecule has 1 atom stereocenters. The fourth-order valence-corrected chi connectivity index (χ4v) is 5.46. The molecule has 1 heterocycles. The zero-order chi connectivity index (χ0) is 28.6. The van der Waals surface area contributed by atoms with Gasteiger partial charge in [0.1, 0.15) is 18.2 Å². The fourth-order valence-electron chi connectivity index (χ4n) is 5.46. The van der Waals surface area contributed by atoms with E-state index in [1.807, 2.05) is 6.92 Å². The van der Waals surface area contributed by atoms with Crippen molar-refractivity contribution >= 4 is 17.5 Å². The third-order valence-corrected chi connectivity index (χ3v) is 7.33. The second-order valence-corrected chi connectivity index (χ2v) is 10.2. The predicted octanol–water partition coefficient (Wildman–Crippen LogP) is 5.89. The van der Waals surface area contributed by atoms with E-state index in [0.29, 0.717) is 48.3 Å². The monoisotopic (exact) mass is 557 g/mol. The molecule has 2 amide bonds. The molecule has 1 fully saturated rings. The van der Waals surface area contributed by atoms with Gasteiger partial charge in [0.05, 0.1) is 12.0 Å². The van der Waals surface area contributed by atoms with Gasteiger partial charge in [-0.3, -0.25) is 9.59 Å². The number of halogens is 5. The van der Waals surface area contributed by atoms with E-state index in [1.54, 1.807) is 35.2 Å². The molecule has 3 aromatic rings. The average molecular weight is 558 g/mol. The summed E-state index contributed by atoms with van der Waals surface area (Å²) in [6.45, 7) is 0.925. The second kappa shape index (κ2) is 10.9. The van der Waals surface area contributed by atoms with Crippen LogP contribution in [0, 0.1) is 11.6 Å². The number of fused-ring (bicyclic) bond motifs is 3. The van der Waals surface area contributed by atoms with Crippen LogP contribution in [0.2, 0.25) is 0 Å². The van der Waals surface area contributed by atoms with Gasteiger partial charge in [0.25, 0.3) is 5.91 Å². The molecular weight excluding hydrogens is 529 g/mol. The van der Waals surface area contributed by atoms with Crippen LogP contribution in [0.1, 0.15) is 47.2 Å². The van der Waals surface area contributed by atoms with Gasteiger partial charge in [-0.25, -0.2) is 8.78 Å². The number of nitrogens with zero attached hydrogens (tertiary/aromatic N) is 2. The van der Waals surface area contributed by atoms with Crippen molar-refractivity contribution in [1.82, 2.24) is 10.2 Å². The Kier molecular flexibility index (Phi) is 7.53. The summed E-state index contributed by atoms with van der Waals surface area (Å²) >= 11 is 0. The SMILES string of the molecule is CCCCN(CC(F)(F)F)C(=O)C1c2ccc(F)cc2-c2cc(F)cc(N3CC(NC(=O)c4ccccc4)C3)c21. The molecule has 2 aliphatic rings. The summed E-state index contributed by atoms with van der Waals surface area (Å²) in [5.41, 5.74) is 2.09. The molecule has 1 N–H and O–H groups in total. The Morgan fingerprint density at radius 3 is 2.35 bits per heavy atom. The Labute approximate surface area is 228 Å². The van der Waals surface area contributed by atoms with Crippen LogP contribution < -0.4 is 10.2 Å². The number of rotatable bonds is 8. The zero-order valence-electron chi connectivity index (χ0n) is 21.8. The largest absolute Gasteiger partial charge is 0.406 e. The molecule has 10 heteroatoms. The highest BCUT2D eigenvalue weighted by Crippen LogP contribution is 2.51. The summed E-state index contributed by atoms with van der Waals surface area (Å²) in [5.74, 6) is -3.40. The number of hydrogen-bond donors (Lipinski definition) is 1. The maximum absolute atomic E-state index is 14.9. The standard InChI is InChI=1S/C30H28F5N3O2/c1-2-3-11-37(17-30(33,34)35)29(40)27-22-10-9-19(31)12-23(22)24-13-20(32)14-25(26(24)27)38-15-21(16-38)36-28(39)18-7-5-4-6-8-18/h4-10,12-14,21,27H,2-3,11,15-17H2,1H3,(H,36,39). The number of amides is 2. The molecule has 1 unspecified atom stereocenters.